The topological polar surface area (TPSA) is 97.5 Å². The van der Waals surface area contributed by atoms with E-state index in [1.54, 1.807) is 13.8 Å². The molecule has 0 aliphatic carbocycles. The third-order valence-corrected chi connectivity index (χ3v) is 5.76. The first-order valence-electron chi connectivity index (χ1n) is 9.09. The van der Waals surface area contributed by atoms with E-state index in [1.807, 2.05) is 0 Å². The zero-order valence-corrected chi connectivity index (χ0v) is 17.3. The number of hydrogen-bond acceptors (Lipinski definition) is 8. The Morgan fingerprint density at radius 1 is 1.30 bits per heavy atom. The highest BCUT2D eigenvalue weighted by Gasteiger charge is 2.56. The number of aromatic nitrogens is 2. The fraction of sp³-hybridized carbons (Fsp3) is 0.421. The van der Waals surface area contributed by atoms with Gasteiger partial charge in [0.05, 0.1) is 12.0 Å². The first kappa shape index (κ1) is 22.0. The fourth-order valence-corrected chi connectivity index (χ4v) is 4.06. The molecule has 3 heterocycles. The number of carbonyl (C=O) groups excluding carboxylic acids is 1. The second kappa shape index (κ2) is 8.23. The van der Waals surface area contributed by atoms with Gasteiger partial charge in [0.25, 0.3) is 0 Å². The first-order chi connectivity index (χ1) is 14.1. The fourth-order valence-electron chi connectivity index (χ4n) is 3.02. The molecule has 0 aliphatic rings. The van der Waals surface area contributed by atoms with Crippen molar-refractivity contribution in [3.05, 3.63) is 40.4 Å². The van der Waals surface area contributed by atoms with Crippen molar-refractivity contribution < 1.29 is 32.2 Å². The van der Waals surface area contributed by atoms with Crippen molar-refractivity contribution in [3.8, 4) is 0 Å². The van der Waals surface area contributed by atoms with Crippen LogP contribution in [0.1, 0.15) is 40.1 Å². The minimum absolute atomic E-state index is 0.214. The summed E-state index contributed by atoms with van der Waals surface area (Å²) in [6.45, 7) is 4.83. The van der Waals surface area contributed by atoms with Crippen molar-refractivity contribution in [2.45, 2.75) is 39.0 Å². The lowest BCUT2D eigenvalue weighted by Gasteiger charge is -2.28. The first-order valence-corrected chi connectivity index (χ1v) is 9.91. The van der Waals surface area contributed by atoms with E-state index in [1.165, 1.54) is 19.3 Å². The second-order valence-electron chi connectivity index (χ2n) is 6.62. The highest BCUT2D eigenvalue weighted by Crippen LogP contribution is 2.42. The van der Waals surface area contributed by atoms with E-state index in [0.717, 1.165) is 17.4 Å². The number of ether oxygens (including phenoxy) is 1. The van der Waals surface area contributed by atoms with Crippen molar-refractivity contribution in [2.24, 2.45) is 0 Å². The molecule has 1 unspecified atom stereocenters. The second-order valence-corrected chi connectivity index (χ2v) is 7.62. The molecule has 0 amide bonds. The molecule has 7 nitrogen and oxygen atoms in total. The number of halogens is 3. The molecule has 0 radical (unpaired) electrons. The van der Waals surface area contributed by atoms with Crippen LogP contribution in [0.5, 0.6) is 0 Å². The summed E-state index contributed by atoms with van der Waals surface area (Å²) in [6.07, 6.45) is -4.39. The predicted octanol–water partition coefficient (Wildman–Crippen LogP) is 4.33. The third-order valence-electron chi connectivity index (χ3n) is 4.58. The lowest BCUT2D eigenvalue weighted by Crippen LogP contribution is -2.43. The molecule has 0 fully saturated rings. The van der Waals surface area contributed by atoms with Gasteiger partial charge in [0.2, 0.25) is 5.60 Å². The zero-order valence-electron chi connectivity index (χ0n) is 16.5. The number of carbonyl (C=O) groups is 1. The number of rotatable bonds is 7. The molecule has 0 aromatic carbocycles. The SMILES string of the molecule is CCOC(=O)c1sc2ncnc(NCCC(O)(c3ccc(C)o3)C(F)(F)F)c2c1C. The maximum absolute atomic E-state index is 13.6. The van der Waals surface area contributed by atoms with Crippen molar-refractivity contribution in [2.75, 3.05) is 18.5 Å². The summed E-state index contributed by atoms with van der Waals surface area (Å²) in [6, 6.07) is 2.47. The number of anilines is 1. The summed E-state index contributed by atoms with van der Waals surface area (Å²) < 4.78 is 50.9. The molecular weight excluding hydrogens is 423 g/mol. The average molecular weight is 443 g/mol. The van der Waals surface area contributed by atoms with Crippen molar-refractivity contribution in [1.82, 2.24) is 9.97 Å². The normalized spacial score (nSPS) is 14.0. The largest absolute Gasteiger partial charge is 0.463 e. The van der Waals surface area contributed by atoms with Gasteiger partial charge >= 0.3 is 12.1 Å². The standard InChI is InChI=1S/C19H20F3N3O4S/c1-4-28-17(26)14-11(3)13-15(24-9-25-16(13)30-14)23-8-7-18(27,19(20,21)22)12-6-5-10(2)29-12/h5-6,9,27H,4,7-8H2,1-3H3,(H,23,24,25). The van der Waals surface area contributed by atoms with Crippen molar-refractivity contribution in [3.63, 3.8) is 0 Å². The molecule has 0 bridgehead atoms. The molecule has 162 valence electrons. The maximum atomic E-state index is 13.6. The number of thiophene rings is 1. The number of hydrogen-bond donors (Lipinski definition) is 2. The Morgan fingerprint density at radius 3 is 2.63 bits per heavy atom. The molecule has 1 atom stereocenters. The highest BCUT2D eigenvalue weighted by molar-refractivity contribution is 7.20. The minimum atomic E-state index is -4.94. The molecular formula is C19H20F3N3O4S. The van der Waals surface area contributed by atoms with Crippen LogP contribution in [0.25, 0.3) is 10.2 Å². The van der Waals surface area contributed by atoms with E-state index >= 15 is 0 Å². The Hall–Kier alpha value is -2.66. The summed E-state index contributed by atoms with van der Waals surface area (Å²) in [5.74, 6) is -0.537. The average Bonchev–Trinajstić information content (AvgIpc) is 3.25. The van der Waals surface area contributed by atoms with Gasteiger partial charge in [-0.05, 0) is 38.5 Å². The maximum Gasteiger partial charge on any atom is 0.424 e. The Balaban J connectivity index is 1.85. The summed E-state index contributed by atoms with van der Waals surface area (Å²) in [5.41, 5.74) is -2.58. The molecule has 3 aromatic heterocycles. The molecule has 30 heavy (non-hydrogen) atoms. The van der Waals surface area contributed by atoms with Gasteiger partial charge in [-0.15, -0.1) is 11.3 Å². The van der Waals surface area contributed by atoms with Crippen LogP contribution in [-0.2, 0) is 10.3 Å². The van der Waals surface area contributed by atoms with E-state index in [2.05, 4.69) is 15.3 Å². The molecule has 0 saturated carbocycles. The number of aliphatic hydroxyl groups is 1. The van der Waals surface area contributed by atoms with Crippen LogP contribution in [0.15, 0.2) is 22.9 Å². The molecule has 0 aliphatic heterocycles. The third kappa shape index (κ3) is 3.99. The summed E-state index contributed by atoms with van der Waals surface area (Å²) in [5, 5.41) is 13.7. The van der Waals surface area contributed by atoms with Crippen LogP contribution in [-0.4, -0.2) is 40.4 Å². The quantitative estimate of drug-likeness (QED) is 0.525. The van der Waals surface area contributed by atoms with Crippen LogP contribution in [0.2, 0.25) is 0 Å². The Labute approximate surface area is 173 Å². The number of nitrogens with zero attached hydrogens (tertiary/aromatic N) is 2. The Morgan fingerprint density at radius 2 is 2.03 bits per heavy atom. The van der Waals surface area contributed by atoms with Crippen LogP contribution in [0, 0.1) is 13.8 Å². The predicted molar refractivity (Wildman–Crippen MR) is 105 cm³/mol. The van der Waals surface area contributed by atoms with Gasteiger partial charge in [0, 0.05) is 13.0 Å². The molecule has 0 spiro atoms. The smallest absolute Gasteiger partial charge is 0.424 e. The molecule has 11 heteroatoms. The lowest BCUT2D eigenvalue weighted by molar-refractivity contribution is -0.274. The van der Waals surface area contributed by atoms with Crippen LogP contribution < -0.4 is 5.32 Å². The zero-order chi connectivity index (χ0) is 22.1. The number of fused-ring (bicyclic) bond motifs is 1. The highest BCUT2D eigenvalue weighted by atomic mass is 32.1. The van der Waals surface area contributed by atoms with E-state index in [0.29, 0.717) is 20.7 Å². The number of alkyl halides is 3. The van der Waals surface area contributed by atoms with E-state index in [-0.39, 0.29) is 24.7 Å². The number of furan rings is 1. The molecule has 3 aromatic rings. The van der Waals surface area contributed by atoms with Crippen LogP contribution in [0.3, 0.4) is 0 Å². The Kier molecular flexibility index (Phi) is 6.04. The Bertz CT molecular complexity index is 1060. The monoisotopic (exact) mass is 443 g/mol. The summed E-state index contributed by atoms with van der Waals surface area (Å²) >= 11 is 1.12. The molecule has 3 rings (SSSR count). The number of esters is 1. The van der Waals surface area contributed by atoms with Gasteiger partial charge in [0.1, 0.15) is 33.4 Å². The van der Waals surface area contributed by atoms with E-state index in [9.17, 15) is 23.1 Å². The van der Waals surface area contributed by atoms with Gasteiger partial charge in [0.15, 0.2) is 0 Å². The van der Waals surface area contributed by atoms with Gasteiger partial charge in [-0.25, -0.2) is 14.8 Å². The van der Waals surface area contributed by atoms with Gasteiger partial charge < -0.3 is 19.6 Å². The van der Waals surface area contributed by atoms with Crippen LogP contribution in [0.4, 0.5) is 19.0 Å². The van der Waals surface area contributed by atoms with Gasteiger partial charge in [-0.2, -0.15) is 13.2 Å². The van der Waals surface area contributed by atoms with Crippen molar-refractivity contribution in [1.29, 1.82) is 0 Å². The van der Waals surface area contributed by atoms with Crippen molar-refractivity contribution >= 4 is 33.3 Å². The number of aryl methyl sites for hydroxylation is 2. The number of nitrogens with one attached hydrogen (secondary N) is 1. The van der Waals surface area contributed by atoms with E-state index in [4.69, 9.17) is 9.15 Å². The minimum Gasteiger partial charge on any atom is -0.463 e. The summed E-state index contributed by atoms with van der Waals surface area (Å²) in [7, 11) is 0. The van der Waals surface area contributed by atoms with Gasteiger partial charge in [-0.1, -0.05) is 0 Å². The van der Waals surface area contributed by atoms with E-state index < -0.39 is 29.9 Å². The van der Waals surface area contributed by atoms with Crippen LogP contribution >= 0.6 is 11.3 Å². The molecule has 2 N–H and O–H groups in total. The molecule has 0 saturated heterocycles. The van der Waals surface area contributed by atoms with Gasteiger partial charge in [-0.3, -0.25) is 0 Å². The summed E-state index contributed by atoms with van der Waals surface area (Å²) in [4.78, 5) is 21.2. The lowest BCUT2D eigenvalue weighted by atomic mass is 9.95.